The third-order valence-electron chi connectivity index (χ3n) is 2.60. The summed E-state index contributed by atoms with van der Waals surface area (Å²) in [6.45, 7) is 2.81. The van der Waals surface area contributed by atoms with Gasteiger partial charge in [0.2, 0.25) is 0 Å². The van der Waals surface area contributed by atoms with E-state index in [-0.39, 0.29) is 0 Å². The second-order valence-electron chi connectivity index (χ2n) is 3.70. The average Bonchev–Trinajstić information content (AvgIpc) is 2.82. The summed E-state index contributed by atoms with van der Waals surface area (Å²) in [5, 5.41) is 0. The molecule has 0 spiro atoms. The molecule has 2 aromatic rings. The first-order chi connectivity index (χ1) is 7.31. The summed E-state index contributed by atoms with van der Waals surface area (Å²) in [6, 6.07) is 8.35. The van der Waals surface area contributed by atoms with Gasteiger partial charge >= 0.3 is 0 Å². The Morgan fingerprint density at radius 3 is 2.60 bits per heavy atom. The molecular formula is C12H15N3. The molecule has 15 heavy (non-hydrogen) atoms. The van der Waals surface area contributed by atoms with Crippen LogP contribution in [0.25, 0.3) is 11.4 Å². The van der Waals surface area contributed by atoms with E-state index in [2.05, 4.69) is 41.2 Å². The highest BCUT2D eigenvalue weighted by Gasteiger charge is 2.04. The molecule has 0 aliphatic rings. The minimum atomic E-state index is 0.413. The Morgan fingerprint density at radius 1 is 1.33 bits per heavy atom. The van der Waals surface area contributed by atoms with Gasteiger partial charge in [0.1, 0.15) is 5.82 Å². The average molecular weight is 201 g/mol. The zero-order chi connectivity index (χ0) is 10.7. The molecule has 2 rings (SSSR count). The van der Waals surface area contributed by atoms with Crippen LogP contribution in [0, 0.1) is 0 Å². The predicted octanol–water partition coefficient (Wildman–Crippen LogP) is 2.14. The van der Waals surface area contributed by atoms with Gasteiger partial charge in [-0.15, -0.1) is 0 Å². The number of nitrogens with two attached hydrogens (primary N) is 1. The van der Waals surface area contributed by atoms with Crippen LogP contribution in [0.15, 0.2) is 36.7 Å². The lowest BCUT2D eigenvalue weighted by atomic mass is 10.00. The monoisotopic (exact) mass is 201 g/mol. The van der Waals surface area contributed by atoms with Gasteiger partial charge in [-0.05, 0) is 18.0 Å². The molecular weight excluding hydrogens is 186 g/mol. The lowest BCUT2D eigenvalue weighted by Gasteiger charge is -2.08. The number of rotatable bonds is 3. The summed E-state index contributed by atoms with van der Waals surface area (Å²) in [5.41, 5.74) is 7.99. The van der Waals surface area contributed by atoms with Crippen LogP contribution in [-0.4, -0.2) is 16.5 Å². The maximum Gasteiger partial charge on any atom is 0.137 e. The largest absolute Gasteiger partial charge is 0.345 e. The van der Waals surface area contributed by atoms with Crippen molar-refractivity contribution in [2.24, 2.45) is 5.73 Å². The summed E-state index contributed by atoms with van der Waals surface area (Å²) in [5.74, 6) is 1.32. The molecule has 0 aliphatic carbocycles. The van der Waals surface area contributed by atoms with E-state index in [1.165, 1.54) is 5.56 Å². The summed E-state index contributed by atoms with van der Waals surface area (Å²) < 4.78 is 0. The number of hydrogen-bond donors (Lipinski definition) is 2. The zero-order valence-corrected chi connectivity index (χ0v) is 8.77. The second kappa shape index (κ2) is 4.28. The fourth-order valence-electron chi connectivity index (χ4n) is 1.53. The van der Waals surface area contributed by atoms with Gasteiger partial charge in [0.25, 0.3) is 0 Å². The molecule has 0 amide bonds. The van der Waals surface area contributed by atoms with Gasteiger partial charge in [0.05, 0.1) is 0 Å². The van der Waals surface area contributed by atoms with Crippen LogP contribution < -0.4 is 5.73 Å². The molecule has 1 unspecified atom stereocenters. The standard InChI is InChI=1S/C12H15N3/c1-9(8-13)10-2-4-11(5-3-10)12-14-6-7-15-12/h2-7,9H,8,13H2,1H3,(H,14,15). The van der Waals surface area contributed by atoms with E-state index in [9.17, 15) is 0 Å². The van der Waals surface area contributed by atoms with Crippen molar-refractivity contribution >= 4 is 0 Å². The Bertz CT molecular complexity index is 403. The van der Waals surface area contributed by atoms with E-state index in [4.69, 9.17) is 5.73 Å². The molecule has 0 fully saturated rings. The molecule has 0 aliphatic heterocycles. The first-order valence-corrected chi connectivity index (χ1v) is 5.11. The van der Waals surface area contributed by atoms with E-state index in [0.717, 1.165) is 11.4 Å². The predicted molar refractivity (Wildman–Crippen MR) is 61.5 cm³/mol. The third-order valence-corrected chi connectivity index (χ3v) is 2.60. The number of hydrogen-bond acceptors (Lipinski definition) is 2. The fraction of sp³-hybridized carbons (Fsp3) is 0.250. The highest BCUT2D eigenvalue weighted by Crippen LogP contribution is 2.19. The minimum Gasteiger partial charge on any atom is -0.345 e. The maximum atomic E-state index is 5.62. The number of nitrogens with one attached hydrogen (secondary N) is 1. The topological polar surface area (TPSA) is 54.7 Å². The van der Waals surface area contributed by atoms with E-state index >= 15 is 0 Å². The molecule has 0 saturated heterocycles. The molecule has 1 heterocycles. The molecule has 0 saturated carbocycles. The summed E-state index contributed by atoms with van der Waals surface area (Å²) in [6.07, 6.45) is 3.58. The molecule has 3 heteroatoms. The molecule has 3 N–H and O–H groups in total. The molecule has 78 valence electrons. The Hall–Kier alpha value is -1.61. The normalized spacial score (nSPS) is 12.7. The number of aromatic nitrogens is 2. The van der Waals surface area contributed by atoms with E-state index in [1.807, 2.05) is 6.20 Å². The first-order valence-electron chi connectivity index (χ1n) is 5.11. The quantitative estimate of drug-likeness (QED) is 0.799. The molecule has 1 atom stereocenters. The Morgan fingerprint density at radius 2 is 2.07 bits per heavy atom. The van der Waals surface area contributed by atoms with Crippen molar-refractivity contribution in [1.82, 2.24) is 9.97 Å². The van der Waals surface area contributed by atoms with E-state index in [0.29, 0.717) is 12.5 Å². The van der Waals surface area contributed by atoms with Crippen LogP contribution in [0.5, 0.6) is 0 Å². The van der Waals surface area contributed by atoms with Crippen LogP contribution in [-0.2, 0) is 0 Å². The first kappa shape index (κ1) is 9.93. The number of benzene rings is 1. The zero-order valence-electron chi connectivity index (χ0n) is 8.77. The number of nitrogens with zero attached hydrogens (tertiary/aromatic N) is 1. The molecule has 0 bridgehead atoms. The molecule has 1 aromatic carbocycles. The van der Waals surface area contributed by atoms with Crippen LogP contribution >= 0.6 is 0 Å². The van der Waals surface area contributed by atoms with E-state index in [1.54, 1.807) is 6.20 Å². The van der Waals surface area contributed by atoms with Gasteiger partial charge in [0.15, 0.2) is 0 Å². The van der Waals surface area contributed by atoms with Gasteiger partial charge in [-0.2, -0.15) is 0 Å². The highest BCUT2D eigenvalue weighted by atomic mass is 14.9. The second-order valence-corrected chi connectivity index (χ2v) is 3.70. The maximum absolute atomic E-state index is 5.62. The van der Waals surface area contributed by atoms with Crippen LogP contribution in [0.3, 0.4) is 0 Å². The van der Waals surface area contributed by atoms with Crippen molar-refractivity contribution in [3.8, 4) is 11.4 Å². The SMILES string of the molecule is CC(CN)c1ccc(-c2ncc[nH]2)cc1. The molecule has 1 aromatic heterocycles. The van der Waals surface area contributed by atoms with Crippen molar-refractivity contribution in [2.45, 2.75) is 12.8 Å². The lowest BCUT2D eigenvalue weighted by molar-refractivity contribution is 0.774. The van der Waals surface area contributed by atoms with Crippen molar-refractivity contribution in [3.63, 3.8) is 0 Å². The van der Waals surface area contributed by atoms with Crippen molar-refractivity contribution < 1.29 is 0 Å². The van der Waals surface area contributed by atoms with Gasteiger partial charge in [-0.25, -0.2) is 4.98 Å². The summed E-state index contributed by atoms with van der Waals surface area (Å²) in [4.78, 5) is 7.28. The lowest BCUT2D eigenvalue weighted by Crippen LogP contribution is -2.08. The van der Waals surface area contributed by atoms with Crippen LogP contribution in [0.4, 0.5) is 0 Å². The summed E-state index contributed by atoms with van der Waals surface area (Å²) in [7, 11) is 0. The van der Waals surface area contributed by atoms with Crippen molar-refractivity contribution in [1.29, 1.82) is 0 Å². The van der Waals surface area contributed by atoms with Gasteiger partial charge < -0.3 is 10.7 Å². The smallest absolute Gasteiger partial charge is 0.137 e. The van der Waals surface area contributed by atoms with Crippen LogP contribution in [0.2, 0.25) is 0 Å². The highest BCUT2D eigenvalue weighted by molar-refractivity contribution is 5.55. The number of H-pyrrole nitrogens is 1. The third kappa shape index (κ3) is 2.07. The summed E-state index contributed by atoms with van der Waals surface area (Å²) >= 11 is 0. The van der Waals surface area contributed by atoms with Crippen LogP contribution in [0.1, 0.15) is 18.4 Å². The fourth-order valence-corrected chi connectivity index (χ4v) is 1.53. The molecule has 3 nitrogen and oxygen atoms in total. The van der Waals surface area contributed by atoms with E-state index < -0.39 is 0 Å². The number of imidazole rings is 1. The van der Waals surface area contributed by atoms with Crippen molar-refractivity contribution in [3.05, 3.63) is 42.2 Å². The van der Waals surface area contributed by atoms with Crippen molar-refractivity contribution in [2.75, 3.05) is 6.54 Å². The number of aromatic amines is 1. The Kier molecular flexibility index (Phi) is 2.83. The minimum absolute atomic E-state index is 0.413. The Balaban J connectivity index is 2.25. The van der Waals surface area contributed by atoms with Gasteiger partial charge in [0, 0.05) is 18.0 Å². The Labute approximate surface area is 89.4 Å². The van der Waals surface area contributed by atoms with Gasteiger partial charge in [-0.3, -0.25) is 0 Å². The van der Waals surface area contributed by atoms with Gasteiger partial charge in [-0.1, -0.05) is 31.2 Å². The molecule has 0 radical (unpaired) electrons.